The van der Waals surface area contributed by atoms with Crippen LogP contribution in [0.15, 0.2) is 77.9 Å². The fourth-order valence-corrected chi connectivity index (χ4v) is 3.67. The molecule has 1 amide bonds. The van der Waals surface area contributed by atoms with Crippen LogP contribution in [-0.2, 0) is 17.8 Å². The van der Waals surface area contributed by atoms with Crippen molar-refractivity contribution in [2.45, 2.75) is 19.9 Å². The Morgan fingerprint density at radius 2 is 1.70 bits per heavy atom. The normalized spacial score (nSPS) is 11.4. The highest BCUT2D eigenvalue weighted by atomic mass is 16.5. The fourth-order valence-electron chi connectivity index (χ4n) is 3.67. The minimum absolute atomic E-state index is 0.116. The number of benzene rings is 3. The first kappa shape index (κ1) is 22.1. The van der Waals surface area contributed by atoms with Crippen LogP contribution in [0, 0.1) is 0 Å². The van der Waals surface area contributed by atoms with E-state index < -0.39 is 0 Å². The van der Waals surface area contributed by atoms with Crippen LogP contribution >= 0.6 is 0 Å². The lowest BCUT2D eigenvalue weighted by molar-refractivity contribution is -0.121. The molecular formula is C26H26N4O3. The van der Waals surface area contributed by atoms with Crippen molar-refractivity contribution in [3.63, 3.8) is 0 Å². The second-order valence-corrected chi connectivity index (χ2v) is 7.57. The molecule has 7 nitrogen and oxygen atoms in total. The van der Waals surface area contributed by atoms with Crippen LogP contribution in [0.25, 0.3) is 11.0 Å². The molecule has 1 aromatic heterocycles. The highest BCUT2D eigenvalue weighted by molar-refractivity contribution is 5.99. The second kappa shape index (κ2) is 9.99. The first-order chi connectivity index (χ1) is 16.1. The Balaban J connectivity index is 1.53. The maximum Gasteiger partial charge on any atom is 0.260 e. The van der Waals surface area contributed by atoms with Crippen molar-refractivity contribution in [1.29, 1.82) is 0 Å². The standard InChI is InChI=1S/C26H26N4O3/c1-18(20-13-14-23(32-2)24(16-20)33-3)28-29-26(31)17-30-22-12-8-7-11-21(22)27-25(30)15-19-9-5-4-6-10-19/h4-14,16H,15,17H2,1-3H3,(H,29,31). The zero-order valence-corrected chi connectivity index (χ0v) is 18.9. The van der Waals surface area contributed by atoms with Crippen molar-refractivity contribution in [3.8, 4) is 11.5 Å². The van der Waals surface area contributed by atoms with E-state index in [4.69, 9.17) is 14.5 Å². The molecule has 1 heterocycles. The Labute approximate surface area is 192 Å². The minimum Gasteiger partial charge on any atom is -0.493 e. The summed E-state index contributed by atoms with van der Waals surface area (Å²) in [4.78, 5) is 17.6. The topological polar surface area (TPSA) is 77.7 Å². The molecular weight excluding hydrogens is 416 g/mol. The number of aromatic nitrogens is 2. The Morgan fingerprint density at radius 3 is 2.45 bits per heavy atom. The zero-order chi connectivity index (χ0) is 23.2. The quantitative estimate of drug-likeness (QED) is 0.328. The lowest BCUT2D eigenvalue weighted by Gasteiger charge is -2.10. The maximum absolute atomic E-state index is 12.8. The van der Waals surface area contributed by atoms with Crippen LogP contribution in [0.2, 0.25) is 0 Å². The molecule has 168 valence electrons. The van der Waals surface area contributed by atoms with E-state index in [0.717, 1.165) is 28.0 Å². The summed E-state index contributed by atoms with van der Waals surface area (Å²) in [5.41, 5.74) is 7.07. The van der Waals surface area contributed by atoms with E-state index in [1.54, 1.807) is 14.2 Å². The summed E-state index contributed by atoms with van der Waals surface area (Å²) in [7, 11) is 3.17. The molecule has 4 aromatic rings. The average molecular weight is 443 g/mol. The van der Waals surface area contributed by atoms with E-state index in [2.05, 4.69) is 22.7 Å². The molecule has 0 fully saturated rings. The van der Waals surface area contributed by atoms with Gasteiger partial charge in [0.15, 0.2) is 11.5 Å². The van der Waals surface area contributed by atoms with Crippen LogP contribution in [0.4, 0.5) is 0 Å². The smallest absolute Gasteiger partial charge is 0.260 e. The summed E-state index contributed by atoms with van der Waals surface area (Å²) in [5, 5.41) is 4.29. The number of fused-ring (bicyclic) bond motifs is 1. The first-order valence-corrected chi connectivity index (χ1v) is 10.6. The van der Waals surface area contributed by atoms with Crippen LogP contribution < -0.4 is 14.9 Å². The molecule has 0 saturated carbocycles. The second-order valence-electron chi connectivity index (χ2n) is 7.57. The highest BCUT2D eigenvalue weighted by Gasteiger charge is 2.14. The predicted molar refractivity (Wildman–Crippen MR) is 129 cm³/mol. The van der Waals surface area contributed by atoms with E-state index in [1.165, 1.54) is 0 Å². The molecule has 0 spiro atoms. The van der Waals surface area contributed by atoms with Crippen molar-refractivity contribution in [2.24, 2.45) is 5.10 Å². The maximum atomic E-state index is 12.8. The van der Waals surface area contributed by atoms with Gasteiger partial charge in [0.25, 0.3) is 5.91 Å². The highest BCUT2D eigenvalue weighted by Crippen LogP contribution is 2.27. The van der Waals surface area contributed by atoms with Gasteiger partial charge < -0.3 is 14.0 Å². The van der Waals surface area contributed by atoms with Gasteiger partial charge in [0.2, 0.25) is 0 Å². The molecule has 0 bridgehead atoms. The molecule has 0 atom stereocenters. The third kappa shape index (κ3) is 5.03. The minimum atomic E-state index is -0.229. The van der Waals surface area contributed by atoms with Gasteiger partial charge >= 0.3 is 0 Å². The molecule has 0 aliphatic heterocycles. The van der Waals surface area contributed by atoms with Gasteiger partial charge in [0.05, 0.1) is 31.0 Å². The van der Waals surface area contributed by atoms with Gasteiger partial charge in [-0.2, -0.15) is 5.10 Å². The Bertz CT molecular complexity index is 1300. The first-order valence-electron chi connectivity index (χ1n) is 10.6. The molecule has 33 heavy (non-hydrogen) atoms. The van der Waals surface area contributed by atoms with Crippen LogP contribution in [-0.4, -0.2) is 35.4 Å². The summed E-state index contributed by atoms with van der Waals surface area (Å²) in [6.07, 6.45) is 0.636. The number of imidazole rings is 1. The van der Waals surface area contributed by atoms with Gasteiger partial charge in [-0.15, -0.1) is 0 Å². The number of nitrogens with one attached hydrogen (secondary N) is 1. The van der Waals surface area contributed by atoms with E-state index in [0.29, 0.717) is 23.6 Å². The number of amides is 1. The molecule has 1 N–H and O–H groups in total. The number of rotatable bonds is 8. The van der Waals surface area contributed by atoms with E-state index in [9.17, 15) is 4.79 Å². The van der Waals surface area contributed by atoms with Crippen LogP contribution in [0.1, 0.15) is 23.9 Å². The average Bonchev–Trinajstić information content (AvgIpc) is 3.19. The van der Waals surface area contributed by atoms with Gasteiger partial charge in [-0.1, -0.05) is 42.5 Å². The number of ether oxygens (including phenoxy) is 2. The van der Waals surface area contributed by atoms with Gasteiger partial charge in [-0.25, -0.2) is 10.4 Å². The number of hydrogen-bond acceptors (Lipinski definition) is 5. The third-order valence-electron chi connectivity index (χ3n) is 5.39. The van der Waals surface area contributed by atoms with Gasteiger partial charge in [0, 0.05) is 12.0 Å². The third-order valence-corrected chi connectivity index (χ3v) is 5.39. The number of carbonyl (C=O) groups is 1. The molecule has 0 radical (unpaired) electrons. The van der Waals surface area contributed by atoms with Crippen LogP contribution in [0.3, 0.4) is 0 Å². The van der Waals surface area contributed by atoms with E-state index >= 15 is 0 Å². The summed E-state index contributed by atoms with van der Waals surface area (Å²) < 4.78 is 12.6. The van der Waals surface area contributed by atoms with Crippen molar-refractivity contribution in [3.05, 3.63) is 89.7 Å². The summed E-state index contributed by atoms with van der Waals surface area (Å²) in [6.45, 7) is 1.94. The van der Waals surface area contributed by atoms with Crippen molar-refractivity contribution in [2.75, 3.05) is 14.2 Å². The Morgan fingerprint density at radius 1 is 0.970 bits per heavy atom. The number of methoxy groups -OCH3 is 2. The molecule has 7 heteroatoms. The lowest BCUT2D eigenvalue weighted by Crippen LogP contribution is -2.25. The van der Waals surface area contributed by atoms with Crippen molar-refractivity contribution < 1.29 is 14.3 Å². The number of carbonyl (C=O) groups excluding carboxylic acids is 1. The molecule has 0 aliphatic carbocycles. The predicted octanol–water partition coefficient (Wildman–Crippen LogP) is 4.18. The lowest BCUT2D eigenvalue weighted by atomic mass is 10.1. The summed E-state index contributed by atoms with van der Waals surface area (Å²) in [6, 6.07) is 23.4. The number of hydrazone groups is 1. The molecule has 3 aromatic carbocycles. The summed E-state index contributed by atoms with van der Waals surface area (Å²) >= 11 is 0. The van der Waals surface area contributed by atoms with Gasteiger partial charge in [0.1, 0.15) is 12.4 Å². The van der Waals surface area contributed by atoms with Crippen LogP contribution in [0.5, 0.6) is 11.5 Å². The SMILES string of the molecule is COc1ccc(C(C)=NNC(=O)Cn2c(Cc3ccccc3)nc3ccccc32)cc1OC. The Kier molecular flexibility index (Phi) is 6.69. The zero-order valence-electron chi connectivity index (χ0n) is 18.9. The van der Waals surface area contributed by atoms with Crippen molar-refractivity contribution >= 4 is 22.7 Å². The Hall–Kier alpha value is -4.13. The molecule has 4 rings (SSSR count). The fraction of sp³-hybridized carbons (Fsp3) is 0.192. The molecule has 0 saturated heterocycles. The summed E-state index contributed by atoms with van der Waals surface area (Å²) in [5.74, 6) is 1.84. The monoisotopic (exact) mass is 442 g/mol. The number of hydrogen-bond donors (Lipinski definition) is 1. The van der Waals surface area contributed by atoms with E-state index in [1.807, 2.05) is 72.2 Å². The van der Waals surface area contributed by atoms with Gasteiger partial charge in [-0.3, -0.25) is 4.79 Å². The molecule has 0 unspecified atom stereocenters. The molecule has 0 aliphatic rings. The number of nitrogens with zero attached hydrogens (tertiary/aromatic N) is 3. The van der Waals surface area contributed by atoms with Gasteiger partial charge in [-0.05, 0) is 42.8 Å². The largest absolute Gasteiger partial charge is 0.493 e. The van der Waals surface area contributed by atoms with E-state index in [-0.39, 0.29) is 12.5 Å². The van der Waals surface area contributed by atoms with Crippen molar-refractivity contribution in [1.82, 2.24) is 15.0 Å². The number of para-hydroxylation sites is 2.